The number of likely N-dealkylation sites (tertiary alicyclic amines) is 1. The van der Waals surface area contributed by atoms with E-state index in [4.69, 9.17) is 4.74 Å². The summed E-state index contributed by atoms with van der Waals surface area (Å²) < 4.78 is 5.43. The zero-order valence-electron chi connectivity index (χ0n) is 17.8. The SMILES string of the molecule is CN=C(NCc1ccc(CN2CCOCC2)cc1)N1CCC(c2ccccc2)C1.I. The second-order valence-electron chi connectivity index (χ2n) is 7.95. The fourth-order valence-corrected chi connectivity index (χ4v) is 4.24. The molecule has 0 radical (unpaired) electrons. The Morgan fingerprint density at radius 2 is 1.70 bits per heavy atom. The number of halogens is 1. The lowest BCUT2D eigenvalue weighted by molar-refractivity contribution is 0.0342. The van der Waals surface area contributed by atoms with Gasteiger partial charge in [0.25, 0.3) is 0 Å². The smallest absolute Gasteiger partial charge is 0.193 e. The van der Waals surface area contributed by atoms with Gasteiger partial charge >= 0.3 is 0 Å². The van der Waals surface area contributed by atoms with Crippen LogP contribution < -0.4 is 5.32 Å². The van der Waals surface area contributed by atoms with Crippen molar-refractivity contribution in [2.75, 3.05) is 46.4 Å². The number of ether oxygens (including phenoxy) is 1. The highest BCUT2D eigenvalue weighted by atomic mass is 127. The number of nitrogens with one attached hydrogen (secondary N) is 1. The van der Waals surface area contributed by atoms with Crippen LogP contribution in [0.25, 0.3) is 0 Å². The van der Waals surface area contributed by atoms with Gasteiger partial charge in [0.15, 0.2) is 5.96 Å². The number of benzene rings is 2. The molecule has 2 fully saturated rings. The van der Waals surface area contributed by atoms with Crippen molar-refractivity contribution in [2.45, 2.75) is 25.4 Å². The highest BCUT2D eigenvalue weighted by molar-refractivity contribution is 14.0. The summed E-state index contributed by atoms with van der Waals surface area (Å²) in [4.78, 5) is 9.35. The maximum Gasteiger partial charge on any atom is 0.193 e. The molecule has 2 aromatic carbocycles. The Morgan fingerprint density at radius 3 is 2.40 bits per heavy atom. The Bertz CT molecular complexity index is 791. The topological polar surface area (TPSA) is 40.1 Å². The van der Waals surface area contributed by atoms with Crippen LogP contribution in [0.2, 0.25) is 0 Å². The van der Waals surface area contributed by atoms with Crippen molar-refractivity contribution < 1.29 is 4.74 Å². The zero-order chi connectivity index (χ0) is 19.9. The quantitative estimate of drug-likeness (QED) is 0.371. The van der Waals surface area contributed by atoms with Crippen molar-refractivity contribution in [1.29, 1.82) is 0 Å². The molecule has 30 heavy (non-hydrogen) atoms. The van der Waals surface area contributed by atoms with Crippen molar-refractivity contribution in [3.8, 4) is 0 Å². The Balaban J connectivity index is 0.00000256. The molecule has 0 amide bonds. The molecule has 2 aromatic rings. The van der Waals surface area contributed by atoms with Crippen LogP contribution in [-0.2, 0) is 17.8 Å². The molecule has 0 spiro atoms. The summed E-state index contributed by atoms with van der Waals surface area (Å²) >= 11 is 0. The first-order chi connectivity index (χ1) is 14.3. The van der Waals surface area contributed by atoms with Crippen molar-refractivity contribution in [2.24, 2.45) is 4.99 Å². The molecule has 0 bridgehead atoms. The Morgan fingerprint density at radius 1 is 1.00 bits per heavy atom. The number of hydrogen-bond donors (Lipinski definition) is 1. The molecule has 1 atom stereocenters. The number of guanidine groups is 1. The van der Waals surface area contributed by atoms with Crippen LogP contribution in [0.1, 0.15) is 29.0 Å². The van der Waals surface area contributed by atoms with Gasteiger partial charge in [0.1, 0.15) is 0 Å². The Hall–Kier alpha value is -1.64. The van der Waals surface area contributed by atoms with E-state index >= 15 is 0 Å². The van der Waals surface area contributed by atoms with Gasteiger partial charge in [-0.25, -0.2) is 0 Å². The third kappa shape index (κ3) is 6.18. The maximum atomic E-state index is 5.43. The van der Waals surface area contributed by atoms with Crippen LogP contribution in [-0.4, -0.2) is 62.2 Å². The third-order valence-electron chi connectivity index (χ3n) is 5.95. The summed E-state index contributed by atoms with van der Waals surface area (Å²) in [6.07, 6.45) is 1.18. The fourth-order valence-electron chi connectivity index (χ4n) is 4.24. The van der Waals surface area contributed by atoms with Gasteiger partial charge in [0.2, 0.25) is 0 Å². The van der Waals surface area contributed by atoms with Gasteiger partial charge in [-0.2, -0.15) is 0 Å². The third-order valence-corrected chi connectivity index (χ3v) is 5.95. The number of morpholine rings is 1. The summed E-state index contributed by atoms with van der Waals surface area (Å²) in [6.45, 7) is 7.65. The molecule has 5 nitrogen and oxygen atoms in total. The van der Waals surface area contributed by atoms with E-state index in [-0.39, 0.29) is 24.0 Å². The average molecular weight is 520 g/mol. The normalized spacial score (nSPS) is 20.1. The molecule has 2 aliphatic rings. The number of rotatable bonds is 5. The van der Waals surface area contributed by atoms with E-state index in [1.807, 2.05) is 7.05 Å². The zero-order valence-corrected chi connectivity index (χ0v) is 20.1. The average Bonchev–Trinajstić information content (AvgIpc) is 3.27. The first-order valence-electron chi connectivity index (χ1n) is 10.7. The minimum Gasteiger partial charge on any atom is -0.379 e. The fraction of sp³-hybridized carbons (Fsp3) is 0.458. The van der Waals surface area contributed by atoms with Crippen molar-refractivity contribution >= 4 is 29.9 Å². The standard InChI is InChI=1S/C24H32N4O.HI/c1-25-24(28-12-11-23(19-28)22-5-3-2-4-6-22)26-17-20-7-9-21(10-8-20)18-27-13-15-29-16-14-27;/h2-10,23H,11-19H2,1H3,(H,25,26);1H. The molecular formula is C24H33IN4O. The monoisotopic (exact) mass is 520 g/mol. The van der Waals surface area contributed by atoms with Gasteiger partial charge in [-0.15, -0.1) is 24.0 Å². The highest BCUT2D eigenvalue weighted by Crippen LogP contribution is 2.26. The summed E-state index contributed by atoms with van der Waals surface area (Å²) in [5.41, 5.74) is 4.09. The molecule has 1 unspecified atom stereocenters. The van der Waals surface area contributed by atoms with Crippen LogP contribution in [0.15, 0.2) is 59.6 Å². The van der Waals surface area contributed by atoms with Gasteiger partial charge in [0, 0.05) is 52.2 Å². The van der Waals surface area contributed by atoms with E-state index in [9.17, 15) is 0 Å². The van der Waals surface area contributed by atoms with Gasteiger partial charge in [0.05, 0.1) is 13.2 Å². The summed E-state index contributed by atoms with van der Waals surface area (Å²) in [7, 11) is 1.88. The number of nitrogens with zero attached hydrogens (tertiary/aromatic N) is 3. The molecule has 4 rings (SSSR count). The largest absolute Gasteiger partial charge is 0.379 e. The first-order valence-corrected chi connectivity index (χ1v) is 10.7. The van der Waals surface area contributed by atoms with E-state index in [2.05, 4.69) is 74.7 Å². The molecule has 0 aromatic heterocycles. The van der Waals surface area contributed by atoms with Crippen LogP contribution in [0.4, 0.5) is 0 Å². The van der Waals surface area contributed by atoms with Gasteiger partial charge < -0.3 is 15.0 Å². The van der Waals surface area contributed by atoms with Crippen molar-refractivity contribution in [3.63, 3.8) is 0 Å². The van der Waals surface area contributed by atoms with Crippen LogP contribution in [0.3, 0.4) is 0 Å². The van der Waals surface area contributed by atoms with Gasteiger partial charge in [-0.1, -0.05) is 54.6 Å². The first kappa shape index (κ1) is 23.0. The van der Waals surface area contributed by atoms with Crippen molar-refractivity contribution in [3.05, 3.63) is 71.3 Å². The minimum absolute atomic E-state index is 0. The van der Waals surface area contributed by atoms with Crippen molar-refractivity contribution in [1.82, 2.24) is 15.1 Å². The molecule has 2 saturated heterocycles. The van der Waals surface area contributed by atoms with Crippen LogP contribution in [0, 0.1) is 0 Å². The number of aliphatic imine (C=N–C) groups is 1. The minimum atomic E-state index is 0. The van der Waals surface area contributed by atoms with E-state index in [1.165, 1.54) is 23.1 Å². The molecule has 1 N–H and O–H groups in total. The molecule has 6 heteroatoms. The molecule has 2 aliphatic heterocycles. The van der Waals surface area contributed by atoms with Gasteiger partial charge in [-0.05, 0) is 23.1 Å². The Kier molecular flexibility index (Phi) is 8.96. The second kappa shape index (κ2) is 11.7. The lowest BCUT2D eigenvalue weighted by Crippen LogP contribution is -2.39. The molecular weight excluding hydrogens is 487 g/mol. The predicted molar refractivity (Wildman–Crippen MR) is 134 cm³/mol. The molecule has 162 valence electrons. The van der Waals surface area contributed by atoms with E-state index in [1.54, 1.807) is 0 Å². The van der Waals surface area contributed by atoms with Crippen LogP contribution in [0.5, 0.6) is 0 Å². The number of hydrogen-bond acceptors (Lipinski definition) is 3. The molecule has 0 aliphatic carbocycles. The summed E-state index contributed by atoms with van der Waals surface area (Å²) in [5.74, 6) is 1.59. The summed E-state index contributed by atoms with van der Waals surface area (Å²) in [6, 6.07) is 19.8. The highest BCUT2D eigenvalue weighted by Gasteiger charge is 2.25. The van der Waals surface area contributed by atoms with E-state index < -0.39 is 0 Å². The van der Waals surface area contributed by atoms with E-state index in [0.29, 0.717) is 5.92 Å². The molecule has 0 saturated carbocycles. The lowest BCUT2D eigenvalue weighted by Gasteiger charge is -2.26. The lowest BCUT2D eigenvalue weighted by atomic mass is 9.99. The van der Waals surface area contributed by atoms with Gasteiger partial charge in [-0.3, -0.25) is 9.89 Å². The second-order valence-corrected chi connectivity index (χ2v) is 7.95. The maximum absolute atomic E-state index is 5.43. The Labute approximate surface area is 197 Å². The molecule has 2 heterocycles. The predicted octanol–water partition coefficient (Wildman–Crippen LogP) is 3.70. The summed E-state index contributed by atoms with van der Waals surface area (Å²) in [5, 5.41) is 3.55. The van der Waals surface area contributed by atoms with E-state index in [0.717, 1.165) is 58.4 Å². The van der Waals surface area contributed by atoms with Crippen LogP contribution >= 0.6 is 24.0 Å².